The second kappa shape index (κ2) is 6.04. The molecule has 1 saturated heterocycles. The SMILES string of the molecule is O=C(CN1CCCC1=O)Nc1ccc(C(=O)O)cc1Br. The van der Waals surface area contributed by atoms with Crippen LogP contribution in [0.2, 0.25) is 0 Å². The van der Waals surface area contributed by atoms with E-state index in [0.29, 0.717) is 23.1 Å². The minimum Gasteiger partial charge on any atom is -0.478 e. The van der Waals surface area contributed by atoms with Gasteiger partial charge in [0, 0.05) is 17.4 Å². The number of benzene rings is 1. The molecule has 106 valence electrons. The highest BCUT2D eigenvalue weighted by Crippen LogP contribution is 2.23. The zero-order valence-corrected chi connectivity index (χ0v) is 12.1. The molecule has 7 heteroatoms. The van der Waals surface area contributed by atoms with Crippen LogP contribution in [0, 0.1) is 0 Å². The Morgan fingerprint density at radius 2 is 2.15 bits per heavy atom. The van der Waals surface area contributed by atoms with E-state index >= 15 is 0 Å². The molecule has 1 heterocycles. The van der Waals surface area contributed by atoms with Gasteiger partial charge in [-0.25, -0.2) is 4.79 Å². The van der Waals surface area contributed by atoms with Crippen LogP contribution < -0.4 is 5.32 Å². The molecule has 0 saturated carbocycles. The van der Waals surface area contributed by atoms with Crippen LogP contribution in [0.1, 0.15) is 23.2 Å². The summed E-state index contributed by atoms with van der Waals surface area (Å²) in [5.41, 5.74) is 0.608. The van der Waals surface area contributed by atoms with Gasteiger partial charge in [-0.3, -0.25) is 9.59 Å². The number of halogens is 1. The van der Waals surface area contributed by atoms with Crippen molar-refractivity contribution in [1.29, 1.82) is 0 Å². The van der Waals surface area contributed by atoms with Crippen LogP contribution in [-0.2, 0) is 9.59 Å². The van der Waals surface area contributed by atoms with Crippen molar-refractivity contribution < 1.29 is 19.5 Å². The first-order valence-electron chi connectivity index (χ1n) is 6.08. The number of hydrogen-bond donors (Lipinski definition) is 2. The molecule has 0 aliphatic carbocycles. The first kappa shape index (κ1) is 14.5. The number of carbonyl (C=O) groups excluding carboxylic acids is 2. The molecule has 0 unspecified atom stereocenters. The van der Waals surface area contributed by atoms with Gasteiger partial charge < -0.3 is 15.3 Å². The lowest BCUT2D eigenvalue weighted by Gasteiger charge is -2.15. The second-order valence-electron chi connectivity index (χ2n) is 4.47. The number of likely N-dealkylation sites (tertiary alicyclic amines) is 1. The molecule has 2 N–H and O–H groups in total. The Bertz CT molecular complexity index is 573. The summed E-state index contributed by atoms with van der Waals surface area (Å²) >= 11 is 3.21. The normalized spacial score (nSPS) is 14.4. The van der Waals surface area contributed by atoms with Gasteiger partial charge in [0.05, 0.1) is 17.8 Å². The molecular formula is C13H13BrN2O4. The third-order valence-corrected chi connectivity index (χ3v) is 3.65. The Balaban J connectivity index is 2.00. The lowest BCUT2D eigenvalue weighted by molar-refractivity contribution is -0.131. The van der Waals surface area contributed by atoms with Gasteiger partial charge in [0.15, 0.2) is 0 Å². The van der Waals surface area contributed by atoms with Gasteiger partial charge in [-0.2, -0.15) is 0 Å². The van der Waals surface area contributed by atoms with Crippen molar-refractivity contribution in [2.45, 2.75) is 12.8 Å². The number of amides is 2. The predicted octanol–water partition coefficient (Wildman–Crippen LogP) is 1.71. The Labute approximate surface area is 123 Å². The van der Waals surface area contributed by atoms with Crippen molar-refractivity contribution in [3.8, 4) is 0 Å². The smallest absolute Gasteiger partial charge is 0.335 e. The van der Waals surface area contributed by atoms with Crippen molar-refractivity contribution >= 4 is 39.4 Å². The lowest BCUT2D eigenvalue weighted by Crippen LogP contribution is -2.34. The lowest BCUT2D eigenvalue weighted by atomic mass is 10.2. The fraction of sp³-hybridized carbons (Fsp3) is 0.308. The van der Waals surface area contributed by atoms with Crippen LogP contribution in [0.15, 0.2) is 22.7 Å². The largest absolute Gasteiger partial charge is 0.478 e. The maximum atomic E-state index is 11.8. The van der Waals surface area contributed by atoms with Crippen molar-refractivity contribution in [2.75, 3.05) is 18.4 Å². The number of aromatic carboxylic acids is 1. The molecule has 0 atom stereocenters. The van der Waals surface area contributed by atoms with Gasteiger partial charge in [-0.05, 0) is 40.5 Å². The summed E-state index contributed by atoms with van der Waals surface area (Å²) in [6.45, 7) is 0.622. The summed E-state index contributed by atoms with van der Waals surface area (Å²) in [6, 6.07) is 4.33. The van der Waals surface area contributed by atoms with E-state index in [1.54, 1.807) is 0 Å². The number of hydrogen-bond acceptors (Lipinski definition) is 3. The highest BCUT2D eigenvalue weighted by molar-refractivity contribution is 9.10. The van der Waals surface area contributed by atoms with Crippen LogP contribution in [0.3, 0.4) is 0 Å². The van der Waals surface area contributed by atoms with Gasteiger partial charge >= 0.3 is 5.97 Å². The molecular weight excluding hydrogens is 328 g/mol. The second-order valence-corrected chi connectivity index (χ2v) is 5.32. The Morgan fingerprint density at radius 1 is 1.40 bits per heavy atom. The number of nitrogens with one attached hydrogen (secondary N) is 1. The molecule has 1 aliphatic heterocycles. The molecule has 1 aromatic rings. The monoisotopic (exact) mass is 340 g/mol. The number of rotatable bonds is 4. The van der Waals surface area contributed by atoms with Gasteiger partial charge in [-0.1, -0.05) is 0 Å². The molecule has 2 amide bonds. The quantitative estimate of drug-likeness (QED) is 0.873. The van der Waals surface area contributed by atoms with E-state index in [9.17, 15) is 14.4 Å². The van der Waals surface area contributed by atoms with Gasteiger partial charge in [0.2, 0.25) is 11.8 Å². The maximum Gasteiger partial charge on any atom is 0.335 e. The van der Waals surface area contributed by atoms with E-state index in [2.05, 4.69) is 21.2 Å². The van der Waals surface area contributed by atoms with Crippen LogP contribution in [0.5, 0.6) is 0 Å². The topological polar surface area (TPSA) is 86.7 Å². The summed E-state index contributed by atoms with van der Waals surface area (Å²) in [5, 5.41) is 11.5. The molecule has 0 spiro atoms. The fourth-order valence-electron chi connectivity index (χ4n) is 1.98. The van der Waals surface area contributed by atoms with Crippen LogP contribution >= 0.6 is 15.9 Å². The van der Waals surface area contributed by atoms with E-state index < -0.39 is 5.97 Å². The van der Waals surface area contributed by atoms with Gasteiger partial charge in [0.25, 0.3) is 0 Å². The minimum atomic E-state index is -1.04. The van der Waals surface area contributed by atoms with E-state index in [0.717, 1.165) is 6.42 Å². The van der Waals surface area contributed by atoms with E-state index in [1.807, 2.05) is 0 Å². The molecule has 0 aromatic heterocycles. The summed E-state index contributed by atoms with van der Waals surface area (Å²) in [6.07, 6.45) is 1.27. The Kier molecular flexibility index (Phi) is 4.39. The fourth-order valence-corrected chi connectivity index (χ4v) is 2.46. The highest BCUT2D eigenvalue weighted by atomic mass is 79.9. The summed E-state index contributed by atoms with van der Waals surface area (Å²) in [5.74, 6) is -1.35. The number of carbonyl (C=O) groups is 3. The Hall–Kier alpha value is -1.89. The van der Waals surface area contributed by atoms with Crippen LogP contribution in [-0.4, -0.2) is 40.9 Å². The average molecular weight is 341 g/mol. The predicted molar refractivity (Wildman–Crippen MR) is 75.5 cm³/mol. The maximum absolute atomic E-state index is 11.8. The van der Waals surface area contributed by atoms with Crippen molar-refractivity contribution in [2.24, 2.45) is 0 Å². The van der Waals surface area contributed by atoms with E-state index in [4.69, 9.17) is 5.11 Å². The zero-order valence-electron chi connectivity index (χ0n) is 10.6. The summed E-state index contributed by atoms with van der Waals surface area (Å²) < 4.78 is 0.485. The molecule has 2 rings (SSSR count). The van der Waals surface area contributed by atoms with E-state index in [1.165, 1.54) is 23.1 Å². The molecule has 1 aromatic carbocycles. The third-order valence-electron chi connectivity index (χ3n) is 3.00. The third kappa shape index (κ3) is 3.36. The molecule has 1 fully saturated rings. The van der Waals surface area contributed by atoms with Gasteiger partial charge in [-0.15, -0.1) is 0 Å². The number of carboxylic acids is 1. The number of carboxylic acid groups (broad SMARTS) is 1. The van der Waals surface area contributed by atoms with Crippen molar-refractivity contribution in [1.82, 2.24) is 4.90 Å². The average Bonchev–Trinajstić information content (AvgIpc) is 2.77. The van der Waals surface area contributed by atoms with Crippen molar-refractivity contribution in [3.63, 3.8) is 0 Å². The minimum absolute atomic E-state index is 0.0135. The van der Waals surface area contributed by atoms with Crippen LogP contribution in [0.4, 0.5) is 5.69 Å². The molecule has 1 aliphatic rings. The molecule has 20 heavy (non-hydrogen) atoms. The van der Waals surface area contributed by atoms with Crippen molar-refractivity contribution in [3.05, 3.63) is 28.2 Å². The molecule has 6 nitrogen and oxygen atoms in total. The van der Waals surface area contributed by atoms with Crippen LogP contribution in [0.25, 0.3) is 0 Å². The first-order chi connectivity index (χ1) is 9.47. The number of anilines is 1. The summed E-state index contributed by atoms with van der Waals surface area (Å²) in [4.78, 5) is 35.6. The standard InChI is InChI=1S/C13H13BrN2O4/c14-9-6-8(13(19)20)3-4-10(9)15-11(17)7-16-5-1-2-12(16)18/h3-4,6H,1-2,5,7H2,(H,15,17)(H,19,20). The summed E-state index contributed by atoms with van der Waals surface area (Å²) in [7, 11) is 0. The highest BCUT2D eigenvalue weighted by Gasteiger charge is 2.22. The van der Waals surface area contributed by atoms with E-state index in [-0.39, 0.29) is 23.9 Å². The number of nitrogens with zero attached hydrogens (tertiary/aromatic N) is 1. The Morgan fingerprint density at radius 3 is 2.70 bits per heavy atom. The van der Waals surface area contributed by atoms with Gasteiger partial charge in [0.1, 0.15) is 0 Å². The molecule has 0 radical (unpaired) electrons. The zero-order chi connectivity index (χ0) is 14.7. The first-order valence-corrected chi connectivity index (χ1v) is 6.87. The molecule has 0 bridgehead atoms.